The minimum absolute atomic E-state index is 0.0819. The van der Waals surface area contributed by atoms with Crippen LogP contribution in [0.3, 0.4) is 0 Å². The fourth-order valence-corrected chi connectivity index (χ4v) is 4.16. The molecule has 12 nitrogen and oxygen atoms in total. The van der Waals surface area contributed by atoms with Gasteiger partial charge >= 0.3 is 11.7 Å². The number of carboxylic acids is 1. The maximum Gasteiger partial charge on any atom is 0.342 e. The fraction of sp³-hybridized carbons (Fsp3) is 0.0667. The number of nitrogens with zero attached hydrogens (tertiary/aromatic N) is 6. The molecule has 0 radical (unpaired) electrons. The first kappa shape index (κ1) is 29.3. The number of hydrogen-bond donors (Lipinski definition) is 2. The molecular formula is C30H23F2N7O5. The monoisotopic (exact) mass is 599 g/mol. The van der Waals surface area contributed by atoms with Crippen LogP contribution >= 0.6 is 0 Å². The number of carbonyl (C=O) groups is 1. The van der Waals surface area contributed by atoms with E-state index >= 15 is 0 Å². The van der Waals surface area contributed by atoms with Crippen molar-refractivity contribution < 1.29 is 23.4 Å². The van der Waals surface area contributed by atoms with Gasteiger partial charge in [0.25, 0.3) is 5.56 Å². The van der Waals surface area contributed by atoms with Crippen LogP contribution in [0.2, 0.25) is 0 Å². The number of nitrogen functional groups attached to an aromatic ring is 1. The van der Waals surface area contributed by atoms with Crippen LogP contribution in [-0.4, -0.2) is 39.8 Å². The average molecular weight is 600 g/mol. The van der Waals surface area contributed by atoms with Crippen molar-refractivity contribution in [2.75, 3.05) is 5.73 Å². The molecule has 0 bridgehead atoms. The topological polar surface area (TPSA) is 160 Å². The molecule has 0 aliphatic heterocycles. The van der Waals surface area contributed by atoms with Crippen LogP contribution in [0.5, 0.6) is 11.5 Å². The second-order valence-corrected chi connectivity index (χ2v) is 9.15. The van der Waals surface area contributed by atoms with E-state index in [9.17, 15) is 23.2 Å². The number of pyridine rings is 1. The zero-order chi connectivity index (χ0) is 31.4. The third-order valence-electron chi connectivity index (χ3n) is 6.28. The van der Waals surface area contributed by atoms with Crippen LogP contribution in [0.4, 0.5) is 14.5 Å². The van der Waals surface area contributed by atoms with Crippen molar-refractivity contribution in [1.29, 1.82) is 0 Å². The lowest BCUT2D eigenvalue weighted by atomic mass is 10.2. The molecule has 14 heteroatoms. The molecule has 0 saturated heterocycles. The van der Waals surface area contributed by atoms with Gasteiger partial charge in [-0.1, -0.05) is 0 Å². The van der Waals surface area contributed by atoms with Crippen molar-refractivity contribution in [1.82, 2.24) is 28.7 Å². The van der Waals surface area contributed by atoms with Gasteiger partial charge in [0.15, 0.2) is 23.1 Å². The van der Waals surface area contributed by atoms with Crippen molar-refractivity contribution >= 4 is 17.2 Å². The van der Waals surface area contributed by atoms with Crippen LogP contribution in [-0.2, 0) is 6.54 Å². The molecule has 44 heavy (non-hydrogen) atoms. The number of aryl methyl sites for hydroxylation is 1. The Balaban J connectivity index is 0.000000178. The summed E-state index contributed by atoms with van der Waals surface area (Å²) in [5, 5.41) is 13.2. The molecule has 6 aromatic rings. The fourth-order valence-electron chi connectivity index (χ4n) is 4.16. The maximum atomic E-state index is 14.0. The molecule has 0 atom stereocenters. The summed E-state index contributed by atoms with van der Waals surface area (Å²) < 4.78 is 36.1. The summed E-state index contributed by atoms with van der Waals surface area (Å²) in [4.78, 5) is 43.7. The second kappa shape index (κ2) is 12.4. The molecule has 4 aromatic heterocycles. The van der Waals surface area contributed by atoms with E-state index in [1.807, 2.05) is 0 Å². The maximum absolute atomic E-state index is 14.0. The van der Waals surface area contributed by atoms with Gasteiger partial charge in [0.05, 0.1) is 11.9 Å². The summed E-state index contributed by atoms with van der Waals surface area (Å²) in [5.41, 5.74) is 5.29. The molecule has 0 fully saturated rings. The quantitative estimate of drug-likeness (QED) is 0.268. The Morgan fingerprint density at radius 3 is 2.34 bits per heavy atom. The van der Waals surface area contributed by atoms with Gasteiger partial charge in [-0.25, -0.2) is 37.4 Å². The lowest BCUT2D eigenvalue weighted by Gasteiger charge is -2.10. The molecule has 2 aromatic carbocycles. The van der Waals surface area contributed by atoms with E-state index in [0.29, 0.717) is 32.9 Å². The highest BCUT2D eigenvalue weighted by Gasteiger charge is 2.17. The van der Waals surface area contributed by atoms with Gasteiger partial charge < -0.3 is 15.6 Å². The lowest BCUT2D eigenvalue weighted by Crippen LogP contribution is -2.41. The Morgan fingerprint density at radius 1 is 0.955 bits per heavy atom. The highest BCUT2D eigenvalue weighted by Crippen LogP contribution is 2.32. The number of ether oxygens (including phenoxy) is 1. The molecule has 0 aliphatic rings. The summed E-state index contributed by atoms with van der Waals surface area (Å²) in [6.45, 7) is 1.85. The highest BCUT2D eigenvalue weighted by molar-refractivity contribution is 5.86. The van der Waals surface area contributed by atoms with Crippen LogP contribution in [0.25, 0.3) is 22.6 Å². The van der Waals surface area contributed by atoms with E-state index in [-0.39, 0.29) is 18.0 Å². The summed E-state index contributed by atoms with van der Waals surface area (Å²) in [6.07, 6.45) is 7.73. The molecule has 0 unspecified atom stereocenters. The van der Waals surface area contributed by atoms with Crippen LogP contribution < -0.4 is 21.7 Å². The molecule has 6 rings (SSSR count). The van der Waals surface area contributed by atoms with E-state index < -0.39 is 34.4 Å². The van der Waals surface area contributed by atoms with E-state index in [0.717, 1.165) is 22.9 Å². The van der Waals surface area contributed by atoms with E-state index in [1.165, 1.54) is 24.3 Å². The molecule has 0 amide bonds. The summed E-state index contributed by atoms with van der Waals surface area (Å²) in [5.74, 6) is -1.42. The number of rotatable bonds is 6. The highest BCUT2D eigenvalue weighted by atomic mass is 19.1. The Hall–Kier alpha value is -6.18. The predicted octanol–water partition coefficient (Wildman–Crippen LogP) is 4.16. The molecule has 0 saturated carbocycles. The molecule has 222 valence electrons. The molecule has 0 spiro atoms. The van der Waals surface area contributed by atoms with Gasteiger partial charge in [0.1, 0.15) is 16.9 Å². The van der Waals surface area contributed by atoms with Crippen molar-refractivity contribution in [2.24, 2.45) is 0 Å². The Kier molecular flexibility index (Phi) is 8.24. The average Bonchev–Trinajstić information content (AvgIpc) is 3.49. The van der Waals surface area contributed by atoms with E-state index in [1.54, 1.807) is 60.5 Å². The first-order valence-electron chi connectivity index (χ1n) is 13.0. The smallest absolute Gasteiger partial charge is 0.342 e. The number of nitrogens with two attached hydrogens (primary N) is 1. The number of aromatic nitrogens is 6. The van der Waals surface area contributed by atoms with E-state index in [2.05, 4.69) is 15.1 Å². The molecular weight excluding hydrogens is 576 g/mol. The lowest BCUT2D eigenvalue weighted by molar-refractivity contribution is 0.0693. The zero-order valence-electron chi connectivity index (χ0n) is 23.0. The standard InChI is InChI=1S/C17H12FN5O.C13H11FN2O4/c18-13-9-12(19)2-3-15(13)24-16-8-11(17-20-5-1-6-21-17)10-23-14(16)4-7-22-23;1-2-15-7-10(12(18)19)11(17)16(13(15)20)9-5-3-8(14)4-6-9/h1-10H,19H2;3-7H,2H2,1H3,(H,18,19). The number of hydrogen-bond acceptors (Lipinski definition) is 8. The first-order chi connectivity index (χ1) is 21.2. The van der Waals surface area contributed by atoms with Gasteiger partial charge in [0.2, 0.25) is 0 Å². The summed E-state index contributed by atoms with van der Waals surface area (Å²) in [7, 11) is 0. The largest absolute Gasteiger partial charge is 0.477 e. The number of halogens is 2. The third-order valence-corrected chi connectivity index (χ3v) is 6.28. The van der Waals surface area contributed by atoms with Crippen molar-refractivity contribution in [3.8, 4) is 28.6 Å². The zero-order valence-corrected chi connectivity index (χ0v) is 23.0. The second-order valence-electron chi connectivity index (χ2n) is 9.15. The number of aromatic carboxylic acids is 1. The van der Waals surface area contributed by atoms with Crippen molar-refractivity contribution in [3.63, 3.8) is 0 Å². The minimum Gasteiger partial charge on any atom is -0.477 e. The minimum atomic E-state index is -1.42. The van der Waals surface area contributed by atoms with Gasteiger partial charge in [-0.15, -0.1) is 0 Å². The Bertz CT molecular complexity index is 2090. The first-order valence-corrected chi connectivity index (χ1v) is 13.0. The van der Waals surface area contributed by atoms with Gasteiger partial charge in [0, 0.05) is 48.6 Å². The third kappa shape index (κ3) is 6.04. The molecule has 0 aliphatic carbocycles. The van der Waals surface area contributed by atoms with E-state index in [4.69, 9.17) is 15.6 Å². The van der Waals surface area contributed by atoms with Crippen LogP contribution in [0.15, 0.2) is 101 Å². The predicted molar refractivity (Wildman–Crippen MR) is 156 cm³/mol. The van der Waals surface area contributed by atoms with Crippen LogP contribution in [0.1, 0.15) is 17.3 Å². The van der Waals surface area contributed by atoms with Crippen LogP contribution in [0, 0.1) is 11.6 Å². The van der Waals surface area contributed by atoms with Crippen molar-refractivity contribution in [3.05, 3.63) is 130 Å². The number of anilines is 1. The summed E-state index contributed by atoms with van der Waals surface area (Å²) in [6, 6.07) is 14.2. The molecule has 4 heterocycles. The summed E-state index contributed by atoms with van der Waals surface area (Å²) >= 11 is 0. The SMILES string of the molecule is CCn1cc(C(=O)O)c(=O)n(-c2ccc(F)cc2)c1=O.Nc1ccc(Oc2cc(-c3ncccn3)cn3nccc23)c(F)c1. The molecule has 3 N–H and O–H groups in total. The van der Waals surface area contributed by atoms with Gasteiger partial charge in [-0.05, 0) is 61.5 Å². The Labute approximate surface area is 246 Å². The van der Waals surface area contributed by atoms with Gasteiger partial charge in [-0.3, -0.25) is 9.36 Å². The van der Waals surface area contributed by atoms with Crippen molar-refractivity contribution in [2.45, 2.75) is 13.5 Å². The number of carboxylic acid groups (broad SMARTS) is 1. The van der Waals surface area contributed by atoms with Gasteiger partial charge in [-0.2, -0.15) is 5.10 Å². The number of benzene rings is 2. The normalized spacial score (nSPS) is 10.7. The number of fused-ring (bicyclic) bond motifs is 1. The Morgan fingerprint density at radius 2 is 1.68 bits per heavy atom.